The van der Waals surface area contributed by atoms with Crippen LogP contribution in [0.2, 0.25) is 0 Å². The number of pyridine rings is 3. The maximum absolute atomic E-state index is 13.7. The average molecular weight is 434 g/mol. The molecule has 0 bridgehead atoms. The van der Waals surface area contributed by atoms with E-state index in [0.29, 0.717) is 0 Å². The molecule has 0 aliphatic carbocycles. The van der Waals surface area contributed by atoms with E-state index in [1.54, 1.807) is 12.4 Å². The van der Waals surface area contributed by atoms with Crippen LogP contribution in [0.3, 0.4) is 0 Å². The van der Waals surface area contributed by atoms with Gasteiger partial charge in [0.15, 0.2) is 5.43 Å². The smallest absolute Gasteiger partial charge is 0.197 e. The number of nitrogens with zero attached hydrogens (tertiary/aromatic N) is 3. The molecule has 164 valence electrons. The first-order chi connectivity index (χ1) is 16.3. The summed E-state index contributed by atoms with van der Waals surface area (Å²) in [5, 5.41) is 1.47. The van der Waals surface area contributed by atoms with Crippen LogP contribution in [0.25, 0.3) is 44.3 Å². The second kappa shape index (κ2) is 9.37. The lowest BCUT2D eigenvalue weighted by Gasteiger charge is -2.17. The fourth-order valence-electron chi connectivity index (χ4n) is 4.50. The van der Waals surface area contributed by atoms with Crippen LogP contribution in [0, 0.1) is 0 Å². The summed E-state index contributed by atoms with van der Waals surface area (Å²) in [6, 6.07) is 24.0. The number of fused-ring (bicyclic) bond motifs is 2. The van der Waals surface area contributed by atoms with Gasteiger partial charge in [0.25, 0.3) is 0 Å². The molecule has 0 N–H and O–H groups in total. The van der Waals surface area contributed by atoms with Gasteiger partial charge in [0, 0.05) is 40.8 Å². The Labute approximate surface area is 193 Å². The van der Waals surface area contributed by atoms with Gasteiger partial charge >= 0.3 is 0 Å². The monoisotopic (exact) mass is 433 g/mol. The summed E-state index contributed by atoms with van der Waals surface area (Å²) < 4.78 is 2.31. The molecule has 3 heterocycles. The van der Waals surface area contributed by atoms with Crippen LogP contribution < -0.4 is 5.43 Å². The predicted molar refractivity (Wildman–Crippen MR) is 136 cm³/mol. The summed E-state index contributed by atoms with van der Waals surface area (Å²) in [5.74, 6) is 0. The molecular formula is C29H27N3O. The number of hydrogen-bond acceptors (Lipinski definition) is 3. The van der Waals surface area contributed by atoms with E-state index < -0.39 is 0 Å². The standard InChI is InChI=1S/C29H27N3O/c1-2-3-4-9-18-32-27-14-12-21(25-10-5-7-16-30-25)19-23(27)29(33)24-20-22(13-15-28(24)32)26-11-6-8-17-31-26/h5-8,10-17,19-20H,2-4,9,18H2,1H3. The lowest BCUT2D eigenvalue weighted by Crippen LogP contribution is -2.12. The van der Waals surface area contributed by atoms with E-state index in [0.717, 1.165) is 57.3 Å². The van der Waals surface area contributed by atoms with E-state index in [-0.39, 0.29) is 5.43 Å². The minimum atomic E-state index is 0.0559. The van der Waals surface area contributed by atoms with Crippen LogP contribution in [0.4, 0.5) is 0 Å². The quantitative estimate of drug-likeness (QED) is 0.208. The number of benzene rings is 2. The minimum Gasteiger partial charge on any atom is -0.340 e. The van der Waals surface area contributed by atoms with E-state index in [1.165, 1.54) is 19.3 Å². The Kier molecular flexibility index (Phi) is 5.99. The van der Waals surface area contributed by atoms with Crippen molar-refractivity contribution in [1.29, 1.82) is 0 Å². The van der Waals surface area contributed by atoms with Crippen LogP contribution in [0.5, 0.6) is 0 Å². The second-order valence-electron chi connectivity index (χ2n) is 8.44. The molecule has 5 aromatic rings. The molecule has 0 atom stereocenters. The average Bonchev–Trinajstić information content (AvgIpc) is 2.89. The lowest BCUT2D eigenvalue weighted by atomic mass is 10.0. The molecule has 0 unspecified atom stereocenters. The zero-order valence-corrected chi connectivity index (χ0v) is 18.9. The SMILES string of the molecule is CCCCCCn1c2ccc(-c3ccccn3)cc2c(=O)c2cc(-c3ccccn3)ccc21. The largest absolute Gasteiger partial charge is 0.340 e. The molecule has 0 radical (unpaired) electrons. The van der Waals surface area contributed by atoms with Gasteiger partial charge in [0.1, 0.15) is 0 Å². The Balaban J connectivity index is 1.73. The highest BCUT2D eigenvalue weighted by Crippen LogP contribution is 2.27. The number of hydrogen-bond donors (Lipinski definition) is 0. The van der Waals surface area contributed by atoms with Crippen molar-refractivity contribution in [3.05, 3.63) is 95.4 Å². The van der Waals surface area contributed by atoms with Gasteiger partial charge in [-0.2, -0.15) is 0 Å². The summed E-state index contributed by atoms with van der Waals surface area (Å²) >= 11 is 0. The van der Waals surface area contributed by atoms with Crippen molar-refractivity contribution in [2.45, 2.75) is 39.2 Å². The summed E-state index contributed by atoms with van der Waals surface area (Å²) in [4.78, 5) is 22.7. The van der Waals surface area contributed by atoms with E-state index in [2.05, 4.69) is 45.7 Å². The Hall–Kier alpha value is -3.79. The van der Waals surface area contributed by atoms with Crippen molar-refractivity contribution < 1.29 is 0 Å². The number of aromatic nitrogens is 3. The Morgan fingerprint density at radius 3 is 1.76 bits per heavy atom. The van der Waals surface area contributed by atoms with Gasteiger partial charge in [-0.25, -0.2) is 0 Å². The molecule has 0 saturated heterocycles. The van der Waals surface area contributed by atoms with E-state index in [4.69, 9.17) is 0 Å². The van der Waals surface area contributed by atoms with Gasteiger partial charge in [-0.3, -0.25) is 14.8 Å². The van der Waals surface area contributed by atoms with Crippen molar-refractivity contribution in [2.75, 3.05) is 0 Å². The fourth-order valence-corrected chi connectivity index (χ4v) is 4.50. The van der Waals surface area contributed by atoms with Gasteiger partial charge < -0.3 is 4.57 Å². The summed E-state index contributed by atoms with van der Waals surface area (Å²) in [6.45, 7) is 3.11. The van der Waals surface area contributed by atoms with E-state index >= 15 is 0 Å². The molecule has 4 heteroatoms. The van der Waals surface area contributed by atoms with E-state index in [1.807, 2.05) is 48.5 Å². The van der Waals surface area contributed by atoms with Crippen LogP contribution in [0.1, 0.15) is 32.6 Å². The van der Waals surface area contributed by atoms with Crippen molar-refractivity contribution in [2.24, 2.45) is 0 Å². The van der Waals surface area contributed by atoms with Gasteiger partial charge in [0.2, 0.25) is 0 Å². The highest BCUT2D eigenvalue weighted by molar-refractivity contribution is 5.96. The Bertz CT molecular complexity index is 1350. The summed E-state index contributed by atoms with van der Waals surface area (Å²) in [6.07, 6.45) is 8.26. The molecule has 3 aromatic heterocycles. The first-order valence-corrected chi connectivity index (χ1v) is 11.7. The Morgan fingerprint density at radius 2 is 1.27 bits per heavy atom. The molecular weight excluding hydrogens is 406 g/mol. The molecule has 0 amide bonds. The zero-order chi connectivity index (χ0) is 22.6. The van der Waals surface area contributed by atoms with Gasteiger partial charge in [-0.05, 0) is 55.0 Å². The van der Waals surface area contributed by atoms with Crippen LogP contribution in [-0.4, -0.2) is 14.5 Å². The summed E-state index contributed by atoms with van der Waals surface area (Å²) in [5.41, 5.74) is 5.67. The second-order valence-corrected chi connectivity index (χ2v) is 8.44. The van der Waals surface area contributed by atoms with Crippen LogP contribution in [0.15, 0.2) is 90.0 Å². The lowest BCUT2D eigenvalue weighted by molar-refractivity contribution is 0.601. The topological polar surface area (TPSA) is 47.8 Å². The molecule has 5 rings (SSSR count). The molecule has 2 aromatic carbocycles. The fraction of sp³-hybridized carbons (Fsp3) is 0.207. The first-order valence-electron chi connectivity index (χ1n) is 11.7. The predicted octanol–water partition coefficient (Wildman–Crippen LogP) is 6.86. The van der Waals surface area contributed by atoms with Crippen molar-refractivity contribution in [3.8, 4) is 22.5 Å². The Morgan fingerprint density at radius 1 is 0.697 bits per heavy atom. The number of unbranched alkanes of at least 4 members (excludes halogenated alkanes) is 3. The maximum Gasteiger partial charge on any atom is 0.197 e. The third-order valence-electron chi connectivity index (χ3n) is 6.22. The third kappa shape index (κ3) is 4.17. The molecule has 33 heavy (non-hydrogen) atoms. The van der Waals surface area contributed by atoms with E-state index in [9.17, 15) is 4.79 Å². The maximum atomic E-state index is 13.7. The molecule has 0 fully saturated rings. The minimum absolute atomic E-state index is 0.0559. The number of aryl methyl sites for hydroxylation is 1. The molecule has 0 aliphatic rings. The highest BCUT2D eigenvalue weighted by Gasteiger charge is 2.14. The number of rotatable bonds is 7. The van der Waals surface area contributed by atoms with Crippen molar-refractivity contribution in [1.82, 2.24) is 14.5 Å². The summed E-state index contributed by atoms with van der Waals surface area (Å²) in [7, 11) is 0. The molecule has 4 nitrogen and oxygen atoms in total. The van der Waals surface area contributed by atoms with Crippen LogP contribution >= 0.6 is 0 Å². The van der Waals surface area contributed by atoms with Gasteiger partial charge in [-0.1, -0.05) is 50.5 Å². The van der Waals surface area contributed by atoms with Gasteiger partial charge in [-0.15, -0.1) is 0 Å². The first kappa shape index (κ1) is 21.1. The van der Waals surface area contributed by atoms with Crippen molar-refractivity contribution in [3.63, 3.8) is 0 Å². The highest BCUT2D eigenvalue weighted by atomic mass is 16.1. The zero-order valence-electron chi connectivity index (χ0n) is 18.9. The normalized spacial score (nSPS) is 11.3. The van der Waals surface area contributed by atoms with Crippen LogP contribution in [-0.2, 0) is 6.54 Å². The molecule has 0 saturated carbocycles. The molecule has 0 aliphatic heterocycles. The van der Waals surface area contributed by atoms with Crippen molar-refractivity contribution >= 4 is 21.8 Å². The molecule has 0 spiro atoms. The van der Waals surface area contributed by atoms with Gasteiger partial charge in [0.05, 0.1) is 22.4 Å². The third-order valence-corrected chi connectivity index (χ3v) is 6.22.